The van der Waals surface area contributed by atoms with Crippen LogP contribution in [0.25, 0.3) is 10.2 Å². The molecule has 3 rings (SSSR count). The van der Waals surface area contributed by atoms with Crippen LogP contribution >= 0.6 is 11.3 Å². The normalized spacial score (nSPS) is 10.8. The van der Waals surface area contributed by atoms with Gasteiger partial charge >= 0.3 is 0 Å². The van der Waals surface area contributed by atoms with Crippen LogP contribution in [0.3, 0.4) is 0 Å². The fourth-order valence-electron chi connectivity index (χ4n) is 2.01. The van der Waals surface area contributed by atoms with E-state index in [4.69, 9.17) is 0 Å². The van der Waals surface area contributed by atoms with E-state index in [1.165, 1.54) is 21.0 Å². The smallest absolute Gasteiger partial charge is 0.0956 e. The average molecular weight is 268 g/mol. The maximum Gasteiger partial charge on any atom is 0.0956 e. The summed E-state index contributed by atoms with van der Waals surface area (Å²) in [5.41, 5.74) is 3.57. The number of hydrogen-bond acceptors (Lipinski definition) is 3. The highest BCUT2D eigenvalue weighted by atomic mass is 32.1. The minimum atomic E-state index is 0.920. The lowest BCUT2D eigenvalue weighted by molar-refractivity contribution is 1.00. The molecular weight excluding hydrogens is 252 g/mol. The number of aryl methyl sites for hydroxylation is 1. The van der Waals surface area contributed by atoms with Crippen molar-refractivity contribution in [3.05, 3.63) is 59.1 Å². The van der Waals surface area contributed by atoms with E-state index in [0.717, 1.165) is 18.5 Å². The third kappa shape index (κ3) is 2.93. The Morgan fingerprint density at radius 2 is 1.84 bits per heavy atom. The molecule has 3 heteroatoms. The maximum atomic E-state index is 4.64. The van der Waals surface area contributed by atoms with E-state index in [2.05, 4.69) is 59.7 Å². The zero-order chi connectivity index (χ0) is 13.1. The first kappa shape index (κ1) is 12.2. The molecule has 0 saturated heterocycles. The van der Waals surface area contributed by atoms with Crippen molar-refractivity contribution >= 4 is 27.2 Å². The minimum Gasteiger partial charge on any atom is -0.385 e. The second-order valence-electron chi connectivity index (χ2n) is 4.62. The summed E-state index contributed by atoms with van der Waals surface area (Å²) in [6.45, 7) is 3.02. The number of anilines is 1. The Labute approximate surface area is 117 Å². The van der Waals surface area contributed by atoms with Crippen LogP contribution in [0.15, 0.2) is 48.5 Å². The van der Waals surface area contributed by atoms with Crippen molar-refractivity contribution in [2.75, 3.05) is 11.9 Å². The molecule has 0 unspecified atom stereocenters. The highest BCUT2D eigenvalue weighted by Gasteiger charge is 2.02. The lowest BCUT2D eigenvalue weighted by Gasteiger charge is -2.04. The molecule has 0 aliphatic carbocycles. The van der Waals surface area contributed by atoms with Crippen LogP contribution in [0.5, 0.6) is 0 Å². The topological polar surface area (TPSA) is 24.9 Å². The van der Waals surface area contributed by atoms with Gasteiger partial charge in [-0.25, -0.2) is 4.98 Å². The first-order chi connectivity index (χ1) is 9.31. The number of para-hydroxylation sites is 1. The Morgan fingerprint density at radius 3 is 2.63 bits per heavy atom. The van der Waals surface area contributed by atoms with Crippen LogP contribution in [0.2, 0.25) is 0 Å². The second kappa shape index (κ2) is 5.41. The van der Waals surface area contributed by atoms with E-state index < -0.39 is 0 Å². The van der Waals surface area contributed by atoms with Crippen LogP contribution in [0.4, 0.5) is 5.69 Å². The van der Waals surface area contributed by atoms with Crippen LogP contribution in [-0.4, -0.2) is 11.5 Å². The summed E-state index contributed by atoms with van der Waals surface area (Å²) >= 11 is 1.78. The molecular formula is C16H16N2S. The monoisotopic (exact) mass is 268 g/mol. The largest absolute Gasteiger partial charge is 0.385 e. The Kier molecular flexibility index (Phi) is 3.47. The quantitative estimate of drug-likeness (QED) is 0.764. The summed E-state index contributed by atoms with van der Waals surface area (Å²) < 4.78 is 1.27. The van der Waals surface area contributed by atoms with Crippen molar-refractivity contribution in [1.29, 1.82) is 0 Å². The number of nitrogens with zero attached hydrogens (tertiary/aromatic N) is 1. The van der Waals surface area contributed by atoms with Crippen LogP contribution in [-0.2, 0) is 6.42 Å². The van der Waals surface area contributed by atoms with Gasteiger partial charge in [0.1, 0.15) is 0 Å². The molecule has 0 aliphatic rings. The number of nitrogens with one attached hydrogen (secondary N) is 1. The van der Waals surface area contributed by atoms with E-state index in [-0.39, 0.29) is 0 Å². The van der Waals surface area contributed by atoms with Gasteiger partial charge in [0.2, 0.25) is 0 Å². The highest BCUT2D eigenvalue weighted by molar-refractivity contribution is 7.18. The van der Waals surface area contributed by atoms with Crippen LogP contribution in [0, 0.1) is 6.92 Å². The Morgan fingerprint density at radius 1 is 1.05 bits per heavy atom. The first-order valence-electron chi connectivity index (χ1n) is 6.46. The van der Waals surface area contributed by atoms with Crippen molar-refractivity contribution in [2.24, 2.45) is 0 Å². The number of thiazole rings is 1. The standard InChI is InChI=1S/C16H16N2S/c1-12-6-8-13(9-7-12)17-11-10-16-18-14-4-2-3-5-15(14)19-16/h2-9,17H,10-11H2,1H3. The van der Waals surface area contributed by atoms with Crippen LogP contribution in [0.1, 0.15) is 10.6 Å². The molecule has 3 aromatic rings. The molecule has 2 aromatic carbocycles. The number of aromatic nitrogens is 1. The number of fused-ring (bicyclic) bond motifs is 1. The summed E-state index contributed by atoms with van der Waals surface area (Å²) in [5, 5.41) is 4.63. The summed E-state index contributed by atoms with van der Waals surface area (Å²) in [6, 6.07) is 16.8. The molecule has 0 spiro atoms. The zero-order valence-electron chi connectivity index (χ0n) is 10.9. The predicted molar refractivity (Wildman–Crippen MR) is 83.0 cm³/mol. The van der Waals surface area contributed by atoms with E-state index in [1.807, 2.05) is 6.07 Å². The SMILES string of the molecule is Cc1ccc(NCCc2nc3ccccc3s2)cc1. The lowest BCUT2D eigenvalue weighted by Crippen LogP contribution is -2.04. The van der Waals surface area contributed by atoms with Gasteiger partial charge < -0.3 is 5.32 Å². The average Bonchev–Trinajstić information content (AvgIpc) is 2.83. The molecule has 0 fully saturated rings. The van der Waals surface area contributed by atoms with E-state index in [1.54, 1.807) is 11.3 Å². The minimum absolute atomic E-state index is 0.920. The van der Waals surface area contributed by atoms with Gasteiger partial charge in [0.05, 0.1) is 15.2 Å². The van der Waals surface area contributed by atoms with Crippen molar-refractivity contribution in [1.82, 2.24) is 4.98 Å². The Bertz CT molecular complexity index is 638. The predicted octanol–water partition coefficient (Wildman–Crippen LogP) is 4.26. The van der Waals surface area contributed by atoms with Gasteiger partial charge in [0, 0.05) is 18.7 Å². The summed E-state index contributed by atoms with van der Waals surface area (Å²) in [5.74, 6) is 0. The van der Waals surface area contributed by atoms with E-state index in [0.29, 0.717) is 0 Å². The highest BCUT2D eigenvalue weighted by Crippen LogP contribution is 2.21. The maximum absolute atomic E-state index is 4.64. The van der Waals surface area contributed by atoms with E-state index in [9.17, 15) is 0 Å². The molecule has 19 heavy (non-hydrogen) atoms. The second-order valence-corrected chi connectivity index (χ2v) is 5.73. The van der Waals surface area contributed by atoms with Gasteiger partial charge in [-0.1, -0.05) is 29.8 Å². The molecule has 1 heterocycles. The molecule has 1 N–H and O–H groups in total. The molecule has 96 valence electrons. The van der Waals surface area contributed by atoms with Crippen molar-refractivity contribution < 1.29 is 0 Å². The number of hydrogen-bond donors (Lipinski definition) is 1. The summed E-state index contributed by atoms with van der Waals surface area (Å²) in [4.78, 5) is 4.64. The molecule has 0 aliphatic heterocycles. The van der Waals surface area contributed by atoms with Gasteiger partial charge in [0.15, 0.2) is 0 Å². The van der Waals surface area contributed by atoms with Gasteiger partial charge in [-0.2, -0.15) is 0 Å². The third-order valence-corrected chi connectivity index (χ3v) is 4.15. The molecule has 0 saturated carbocycles. The molecule has 0 amide bonds. The Hall–Kier alpha value is -1.87. The van der Waals surface area contributed by atoms with Crippen molar-refractivity contribution in [2.45, 2.75) is 13.3 Å². The van der Waals surface area contributed by atoms with Crippen molar-refractivity contribution in [3.63, 3.8) is 0 Å². The van der Waals surface area contributed by atoms with Gasteiger partial charge in [-0.05, 0) is 31.2 Å². The molecule has 0 bridgehead atoms. The number of benzene rings is 2. The van der Waals surface area contributed by atoms with Crippen molar-refractivity contribution in [3.8, 4) is 0 Å². The fraction of sp³-hybridized carbons (Fsp3) is 0.188. The van der Waals surface area contributed by atoms with Gasteiger partial charge in [0.25, 0.3) is 0 Å². The number of rotatable bonds is 4. The van der Waals surface area contributed by atoms with Gasteiger partial charge in [-0.15, -0.1) is 11.3 Å². The molecule has 0 atom stereocenters. The molecule has 0 radical (unpaired) electrons. The zero-order valence-corrected chi connectivity index (χ0v) is 11.7. The first-order valence-corrected chi connectivity index (χ1v) is 7.28. The third-order valence-electron chi connectivity index (χ3n) is 3.06. The molecule has 1 aromatic heterocycles. The fourth-order valence-corrected chi connectivity index (χ4v) is 2.98. The Balaban J connectivity index is 1.61. The summed E-state index contributed by atoms with van der Waals surface area (Å²) in [7, 11) is 0. The van der Waals surface area contributed by atoms with Crippen LogP contribution < -0.4 is 5.32 Å². The molecule has 2 nitrogen and oxygen atoms in total. The van der Waals surface area contributed by atoms with E-state index >= 15 is 0 Å². The van der Waals surface area contributed by atoms with Gasteiger partial charge in [-0.3, -0.25) is 0 Å². The lowest BCUT2D eigenvalue weighted by atomic mass is 10.2. The summed E-state index contributed by atoms with van der Waals surface area (Å²) in [6.07, 6.45) is 0.965.